The second kappa shape index (κ2) is 5.06. The van der Waals surface area contributed by atoms with E-state index in [1.807, 2.05) is 13.8 Å². The van der Waals surface area contributed by atoms with Gasteiger partial charge in [0.15, 0.2) is 0 Å². The minimum Gasteiger partial charge on any atom is -0.506 e. The first-order chi connectivity index (χ1) is 7.70. The van der Waals surface area contributed by atoms with Crippen LogP contribution in [0.1, 0.15) is 26.3 Å². The fraction of sp³-hybridized carbons (Fsp3) is 0.417. The maximum absolute atomic E-state index is 11.1. The fourth-order valence-electron chi connectivity index (χ4n) is 1.55. The molecule has 0 saturated heterocycles. The minimum atomic E-state index is -0.427. The Kier molecular flexibility index (Phi) is 4.16. The summed E-state index contributed by atoms with van der Waals surface area (Å²) in [6.45, 7) is 5.18. The summed E-state index contributed by atoms with van der Waals surface area (Å²) in [5, 5.41) is 12.4. The smallest absolute Gasteiger partial charge is 0.221 e. The molecule has 0 radical (unpaired) electrons. The molecule has 0 heterocycles. The molecule has 0 atom stereocenters. The average molecular weight is 301 g/mol. The van der Waals surface area contributed by atoms with Crippen molar-refractivity contribution in [1.29, 1.82) is 0 Å². The zero-order chi connectivity index (χ0) is 13.2. The Morgan fingerprint density at radius 2 is 2.12 bits per heavy atom. The number of carbonyl (C=O) groups is 1. The van der Waals surface area contributed by atoms with Gasteiger partial charge in [-0.2, -0.15) is 0 Å². The van der Waals surface area contributed by atoms with Crippen LogP contribution >= 0.6 is 15.9 Å². The molecule has 0 aromatic heterocycles. The van der Waals surface area contributed by atoms with Crippen LogP contribution < -0.4 is 11.1 Å². The van der Waals surface area contributed by atoms with Gasteiger partial charge in [-0.05, 0) is 38.0 Å². The lowest BCUT2D eigenvalue weighted by atomic mass is 9.94. The molecule has 0 aliphatic rings. The van der Waals surface area contributed by atoms with E-state index >= 15 is 0 Å². The number of phenolic OH excluding ortho intramolecular Hbond substituents is 1. The second-order valence-electron chi connectivity index (χ2n) is 4.77. The Hall–Kier alpha value is -1.07. The molecule has 5 heteroatoms. The lowest BCUT2D eigenvalue weighted by Gasteiger charge is -2.22. The topological polar surface area (TPSA) is 75.3 Å². The van der Waals surface area contributed by atoms with Crippen LogP contribution in [0.5, 0.6) is 5.75 Å². The van der Waals surface area contributed by atoms with E-state index in [1.54, 1.807) is 6.07 Å². The molecule has 0 bridgehead atoms. The molecule has 17 heavy (non-hydrogen) atoms. The summed E-state index contributed by atoms with van der Waals surface area (Å²) in [6, 6.07) is 3.27. The van der Waals surface area contributed by atoms with Gasteiger partial charge in [0.1, 0.15) is 5.75 Å². The van der Waals surface area contributed by atoms with Crippen molar-refractivity contribution in [2.75, 3.05) is 5.32 Å². The van der Waals surface area contributed by atoms with Crippen molar-refractivity contribution in [2.45, 2.75) is 32.7 Å². The molecule has 1 aromatic rings. The van der Waals surface area contributed by atoms with Gasteiger partial charge in [0, 0.05) is 16.9 Å². The molecule has 0 aliphatic heterocycles. The van der Waals surface area contributed by atoms with Gasteiger partial charge in [-0.15, -0.1) is 0 Å². The van der Waals surface area contributed by atoms with Gasteiger partial charge in [0.05, 0.1) is 5.69 Å². The molecule has 0 spiro atoms. The van der Waals surface area contributed by atoms with Gasteiger partial charge < -0.3 is 16.2 Å². The minimum absolute atomic E-state index is 0.0441. The van der Waals surface area contributed by atoms with Crippen molar-refractivity contribution >= 4 is 27.5 Å². The molecule has 1 rings (SSSR count). The van der Waals surface area contributed by atoms with Gasteiger partial charge in [-0.25, -0.2) is 0 Å². The predicted molar refractivity (Wildman–Crippen MR) is 72.1 cm³/mol. The van der Waals surface area contributed by atoms with Crippen molar-refractivity contribution in [3.05, 3.63) is 22.2 Å². The normalized spacial score (nSPS) is 11.4. The summed E-state index contributed by atoms with van der Waals surface area (Å²) in [7, 11) is 0. The van der Waals surface area contributed by atoms with Crippen molar-refractivity contribution in [3.8, 4) is 5.75 Å². The monoisotopic (exact) mass is 300 g/mol. The summed E-state index contributed by atoms with van der Waals surface area (Å²) < 4.78 is 0.817. The number of anilines is 1. The third kappa shape index (κ3) is 4.02. The number of nitrogens with two attached hydrogens (primary N) is 1. The number of carbonyl (C=O) groups excluding carboxylic acids is 1. The molecule has 0 unspecified atom stereocenters. The predicted octanol–water partition coefficient (Wildman–Crippen LogP) is 2.39. The SMILES string of the molecule is CC(=O)Nc1c(O)ccc(Br)c1CC(C)(C)N. The van der Waals surface area contributed by atoms with E-state index in [-0.39, 0.29) is 11.7 Å². The molecule has 0 saturated carbocycles. The summed E-state index contributed by atoms with van der Waals surface area (Å²) in [5.41, 5.74) is 6.76. The van der Waals surface area contributed by atoms with Crippen LogP contribution in [-0.4, -0.2) is 16.6 Å². The first-order valence-electron chi connectivity index (χ1n) is 5.27. The Balaban J connectivity index is 3.24. The van der Waals surface area contributed by atoms with Crippen LogP contribution in [0, 0.1) is 0 Å². The number of hydrogen-bond acceptors (Lipinski definition) is 3. The number of benzene rings is 1. The molecule has 94 valence electrons. The van der Waals surface area contributed by atoms with Gasteiger partial charge in [0.2, 0.25) is 5.91 Å². The Bertz CT molecular complexity index is 439. The average Bonchev–Trinajstić information content (AvgIpc) is 2.15. The van der Waals surface area contributed by atoms with E-state index in [0.29, 0.717) is 12.1 Å². The van der Waals surface area contributed by atoms with Crippen LogP contribution in [0.25, 0.3) is 0 Å². The first kappa shape index (κ1) is 14.0. The van der Waals surface area contributed by atoms with Crippen molar-refractivity contribution < 1.29 is 9.90 Å². The quantitative estimate of drug-likeness (QED) is 0.750. The van der Waals surface area contributed by atoms with E-state index < -0.39 is 5.54 Å². The summed E-state index contributed by atoms with van der Waals surface area (Å²) in [5.74, 6) is -0.183. The molecule has 4 nitrogen and oxygen atoms in total. The lowest BCUT2D eigenvalue weighted by molar-refractivity contribution is -0.114. The van der Waals surface area contributed by atoms with Gasteiger partial charge >= 0.3 is 0 Å². The standard InChI is InChI=1S/C12H17BrN2O2/c1-7(16)15-11-8(6-12(2,3)14)9(13)4-5-10(11)17/h4-5,17H,6,14H2,1-3H3,(H,15,16). The summed E-state index contributed by atoms with van der Waals surface area (Å²) >= 11 is 3.41. The van der Waals surface area contributed by atoms with Gasteiger partial charge in [-0.1, -0.05) is 15.9 Å². The van der Waals surface area contributed by atoms with E-state index in [2.05, 4.69) is 21.2 Å². The van der Waals surface area contributed by atoms with Crippen LogP contribution in [0.3, 0.4) is 0 Å². The fourth-order valence-corrected chi connectivity index (χ4v) is 2.02. The molecule has 0 aliphatic carbocycles. The van der Waals surface area contributed by atoms with E-state index in [0.717, 1.165) is 10.0 Å². The van der Waals surface area contributed by atoms with E-state index in [4.69, 9.17) is 5.73 Å². The van der Waals surface area contributed by atoms with Crippen LogP contribution in [0.4, 0.5) is 5.69 Å². The Labute approximate surface area is 109 Å². The maximum atomic E-state index is 11.1. The summed E-state index contributed by atoms with van der Waals surface area (Å²) in [4.78, 5) is 11.1. The van der Waals surface area contributed by atoms with Gasteiger partial charge in [0.25, 0.3) is 0 Å². The van der Waals surface area contributed by atoms with Crippen molar-refractivity contribution in [2.24, 2.45) is 5.73 Å². The van der Waals surface area contributed by atoms with E-state index in [9.17, 15) is 9.90 Å². The Morgan fingerprint density at radius 1 is 1.53 bits per heavy atom. The molecule has 4 N–H and O–H groups in total. The highest BCUT2D eigenvalue weighted by Gasteiger charge is 2.19. The zero-order valence-corrected chi connectivity index (χ0v) is 11.8. The second-order valence-corrected chi connectivity index (χ2v) is 5.62. The highest BCUT2D eigenvalue weighted by Crippen LogP contribution is 2.35. The molecular weight excluding hydrogens is 284 g/mol. The molecular formula is C12H17BrN2O2. The molecule has 1 amide bonds. The van der Waals surface area contributed by atoms with Gasteiger partial charge in [-0.3, -0.25) is 4.79 Å². The van der Waals surface area contributed by atoms with E-state index in [1.165, 1.54) is 13.0 Å². The number of halogens is 1. The van der Waals surface area contributed by atoms with Crippen LogP contribution in [-0.2, 0) is 11.2 Å². The first-order valence-corrected chi connectivity index (χ1v) is 6.07. The lowest BCUT2D eigenvalue weighted by Crippen LogP contribution is -2.35. The number of hydrogen-bond donors (Lipinski definition) is 3. The zero-order valence-electron chi connectivity index (χ0n) is 10.2. The molecule has 1 aromatic carbocycles. The largest absolute Gasteiger partial charge is 0.506 e. The third-order valence-corrected chi connectivity index (χ3v) is 2.91. The van der Waals surface area contributed by atoms with Crippen LogP contribution in [0.2, 0.25) is 0 Å². The third-order valence-electron chi connectivity index (χ3n) is 2.17. The number of phenols is 1. The summed E-state index contributed by atoms with van der Waals surface area (Å²) in [6.07, 6.45) is 0.539. The number of nitrogens with one attached hydrogen (secondary N) is 1. The van der Waals surface area contributed by atoms with Crippen LogP contribution in [0.15, 0.2) is 16.6 Å². The maximum Gasteiger partial charge on any atom is 0.221 e. The number of rotatable bonds is 3. The number of amides is 1. The molecule has 0 fully saturated rings. The van der Waals surface area contributed by atoms with Crippen molar-refractivity contribution in [1.82, 2.24) is 0 Å². The highest BCUT2D eigenvalue weighted by atomic mass is 79.9. The highest BCUT2D eigenvalue weighted by molar-refractivity contribution is 9.10. The van der Waals surface area contributed by atoms with Crippen molar-refractivity contribution in [3.63, 3.8) is 0 Å². The Morgan fingerprint density at radius 3 is 2.59 bits per heavy atom. The number of aromatic hydroxyl groups is 1.